The van der Waals surface area contributed by atoms with E-state index in [0.29, 0.717) is 5.38 Å². The summed E-state index contributed by atoms with van der Waals surface area (Å²) >= 11 is 6.32. The van der Waals surface area contributed by atoms with Crippen molar-refractivity contribution in [2.45, 2.75) is 82.1 Å². The standard InChI is InChI=1S/C15H27ClO/c1-2-5-14(16)7-6-13-8-11-17-15(12-13)9-3-4-10-15/h13-14H,2-12H2,1H3. The summed E-state index contributed by atoms with van der Waals surface area (Å²) in [6.45, 7) is 3.21. The molecule has 0 amide bonds. The van der Waals surface area contributed by atoms with Gasteiger partial charge in [0.15, 0.2) is 0 Å². The minimum absolute atomic E-state index is 0.287. The second kappa shape index (κ2) is 6.43. The van der Waals surface area contributed by atoms with Gasteiger partial charge < -0.3 is 4.74 Å². The molecule has 2 heteroatoms. The number of ether oxygens (including phenoxy) is 1. The largest absolute Gasteiger partial charge is 0.375 e. The maximum Gasteiger partial charge on any atom is 0.0685 e. The molecule has 2 unspecified atom stereocenters. The predicted octanol–water partition coefficient (Wildman–Crippen LogP) is 4.91. The molecule has 2 atom stereocenters. The van der Waals surface area contributed by atoms with Gasteiger partial charge in [-0.05, 0) is 50.9 Å². The van der Waals surface area contributed by atoms with Gasteiger partial charge in [-0.25, -0.2) is 0 Å². The van der Waals surface area contributed by atoms with Crippen molar-refractivity contribution in [3.8, 4) is 0 Å². The van der Waals surface area contributed by atoms with Crippen molar-refractivity contribution in [1.29, 1.82) is 0 Å². The zero-order chi connectivity index (χ0) is 12.1. The molecule has 1 saturated heterocycles. The predicted molar refractivity (Wildman–Crippen MR) is 73.7 cm³/mol. The summed E-state index contributed by atoms with van der Waals surface area (Å²) in [5.74, 6) is 0.875. The Kier molecular flexibility index (Phi) is 5.17. The van der Waals surface area contributed by atoms with Crippen LogP contribution in [0.25, 0.3) is 0 Å². The summed E-state index contributed by atoms with van der Waals surface area (Å²) in [7, 11) is 0. The van der Waals surface area contributed by atoms with Crippen molar-refractivity contribution < 1.29 is 4.74 Å². The van der Waals surface area contributed by atoms with Crippen LogP contribution in [0.3, 0.4) is 0 Å². The average Bonchev–Trinajstić information content (AvgIpc) is 2.75. The Morgan fingerprint density at radius 3 is 2.76 bits per heavy atom. The first-order valence-electron chi connectivity index (χ1n) is 7.52. The van der Waals surface area contributed by atoms with Crippen LogP contribution in [-0.4, -0.2) is 17.6 Å². The highest BCUT2D eigenvalue weighted by Crippen LogP contribution is 2.43. The summed E-state index contributed by atoms with van der Waals surface area (Å²) in [5.41, 5.74) is 0.287. The Bertz CT molecular complexity index is 223. The van der Waals surface area contributed by atoms with Crippen molar-refractivity contribution in [2.24, 2.45) is 5.92 Å². The molecule has 2 rings (SSSR count). The molecule has 1 nitrogen and oxygen atoms in total. The lowest BCUT2D eigenvalue weighted by Crippen LogP contribution is -2.37. The maximum atomic E-state index is 6.32. The third-order valence-electron chi connectivity index (χ3n) is 4.60. The summed E-state index contributed by atoms with van der Waals surface area (Å²) < 4.78 is 6.08. The van der Waals surface area contributed by atoms with E-state index in [-0.39, 0.29) is 5.60 Å². The summed E-state index contributed by atoms with van der Waals surface area (Å²) in [6.07, 6.45) is 12.9. The number of hydrogen-bond acceptors (Lipinski definition) is 1. The van der Waals surface area contributed by atoms with Crippen molar-refractivity contribution in [3.05, 3.63) is 0 Å². The molecule has 2 aliphatic rings. The van der Waals surface area contributed by atoms with E-state index in [0.717, 1.165) is 12.5 Å². The van der Waals surface area contributed by atoms with Crippen LogP contribution in [0.4, 0.5) is 0 Å². The molecule has 1 heterocycles. The van der Waals surface area contributed by atoms with E-state index in [1.165, 1.54) is 64.2 Å². The first-order valence-corrected chi connectivity index (χ1v) is 7.96. The minimum atomic E-state index is 0.287. The van der Waals surface area contributed by atoms with E-state index in [1.54, 1.807) is 0 Å². The van der Waals surface area contributed by atoms with Gasteiger partial charge in [-0.15, -0.1) is 11.6 Å². The Labute approximate surface area is 111 Å². The van der Waals surface area contributed by atoms with Crippen molar-refractivity contribution >= 4 is 11.6 Å². The molecule has 0 radical (unpaired) electrons. The lowest BCUT2D eigenvalue weighted by Gasteiger charge is -2.38. The minimum Gasteiger partial charge on any atom is -0.375 e. The fraction of sp³-hybridized carbons (Fsp3) is 1.00. The monoisotopic (exact) mass is 258 g/mol. The van der Waals surface area contributed by atoms with Gasteiger partial charge in [-0.2, -0.15) is 0 Å². The van der Waals surface area contributed by atoms with E-state index >= 15 is 0 Å². The van der Waals surface area contributed by atoms with Crippen LogP contribution in [0.1, 0.15) is 71.1 Å². The van der Waals surface area contributed by atoms with Gasteiger partial charge in [0.05, 0.1) is 5.60 Å². The molecule has 0 bridgehead atoms. The van der Waals surface area contributed by atoms with Gasteiger partial charge in [0, 0.05) is 12.0 Å². The summed E-state index contributed by atoms with van der Waals surface area (Å²) in [5, 5.41) is 0.405. The molecular formula is C15H27ClO. The molecule has 1 aliphatic carbocycles. The molecule has 1 spiro atoms. The molecule has 0 N–H and O–H groups in total. The lowest BCUT2D eigenvalue weighted by molar-refractivity contribution is -0.0938. The molecule has 2 fully saturated rings. The van der Waals surface area contributed by atoms with Crippen LogP contribution in [0.5, 0.6) is 0 Å². The first kappa shape index (κ1) is 13.7. The molecule has 0 aromatic rings. The fourth-order valence-corrected chi connectivity index (χ4v) is 3.96. The van der Waals surface area contributed by atoms with Crippen molar-refractivity contribution in [1.82, 2.24) is 0 Å². The van der Waals surface area contributed by atoms with Gasteiger partial charge in [0.25, 0.3) is 0 Å². The smallest absolute Gasteiger partial charge is 0.0685 e. The Morgan fingerprint density at radius 1 is 1.29 bits per heavy atom. The van der Waals surface area contributed by atoms with E-state index in [4.69, 9.17) is 16.3 Å². The quantitative estimate of drug-likeness (QED) is 0.637. The van der Waals surface area contributed by atoms with Gasteiger partial charge >= 0.3 is 0 Å². The van der Waals surface area contributed by atoms with Crippen molar-refractivity contribution in [2.75, 3.05) is 6.61 Å². The maximum absolute atomic E-state index is 6.32. The number of halogens is 1. The van der Waals surface area contributed by atoms with Gasteiger partial charge in [-0.1, -0.05) is 26.2 Å². The number of rotatable bonds is 5. The van der Waals surface area contributed by atoms with Gasteiger partial charge in [0.1, 0.15) is 0 Å². The molecule has 1 aliphatic heterocycles. The molecule has 0 aromatic heterocycles. The van der Waals surface area contributed by atoms with Crippen LogP contribution in [0.2, 0.25) is 0 Å². The van der Waals surface area contributed by atoms with Crippen LogP contribution in [0, 0.1) is 5.92 Å². The molecular weight excluding hydrogens is 232 g/mol. The fourth-order valence-electron chi connectivity index (χ4n) is 3.62. The lowest BCUT2D eigenvalue weighted by atomic mass is 9.82. The highest BCUT2D eigenvalue weighted by atomic mass is 35.5. The molecule has 0 aromatic carbocycles. The van der Waals surface area contributed by atoms with E-state index in [9.17, 15) is 0 Å². The van der Waals surface area contributed by atoms with Crippen molar-refractivity contribution in [3.63, 3.8) is 0 Å². The second-order valence-electron chi connectivity index (χ2n) is 6.06. The molecule has 17 heavy (non-hydrogen) atoms. The Morgan fingerprint density at radius 2 is 2.06 bits per heavy atom. The van der Waals surface area contributed by atoms with E-state index in [2.05, 4.69) is 6.92 Å². The second-order valence-corrected chi connectivity index (χ2v) is 6.68. The number of alkyl halides is 1. The van der Waals surface area contributed by atoms with Crippen LogP contribution < -0.4 is 0 Å². The number of hydrogen-bond donors (Lipinski definition) is 0. The highest BCUT2D eigenvalue weighted by molar-refractivity contribution is 6.20. The molecule has 1 saturated carbocycles. The van der Waals surface area contributed by atoms with Crippen LogP contribution in [0.15, 0.2) is 0 Å². The summed E-state index contributed by atoms with van der Waals surface area (Å²) in [6, 6.07) is 0. The SMILES string of the molecule is CCCC(Cl)CCC1CCOC2(CCCC2)C1. The zero-order valence-corrected chi connectivity index (χ0v) is 12.0. The third kappa shape index (κ3) is 3.86. The zero-order valence-electron chi connectivity index (χ0n) is 11.2. The van der Waals surface area contributed by atoms with Crippen LogP contribution >= 0.6 is 11.6 Å². The first-order chi connectivity index (χ1) is 8.24. The normalized spacial score (nSPS) is 29.6. The Hall–Kier alpha value is 0.250. The average molecular weight is 259 g/mol. The van der Waals surface area contributed by atoms with Gasteiger partial charge in [0.2, 0.25) is 0 Å². The highest BCUT2D eigenvalue weighted by Gasteiger charge is 2.39. The van der Waals surface area contributed by atoms with E-state index < -0.39 is 0 Å². The van der Waals surface area contributed by atoms with Crippen LogP contribution in [-0.2, 0) is 4.74 Å². The Balaban J connectivity index is 1.74. The summed E-state index contributed by atoms with van der Waals surface area (Å²) in [4.78, 5) is 0. The van der Waals surface area contributed by atoms with E-state index in [1.807, 2.05) is 0 Å². The topological polar surface area (TPSA) is 9.23 Å². The van der Waals surface area contributed by atoms with Gasteiger partial charge in [-0.3, -0.25) is 0 Å². The third-order valence-corrected chi connectivity index (χ3v) is 5.04. The molecule has 100 valence electrons.